The lowest BCUT2D eigenvalue weighted by atomic mass is 10.1. The maximum atomic E-state index is 12.0. The van der Waals surface area contributed by atoms with Crippen LogP contribution in [0.2, 0.25) is 0 Å². The maximum Gasteiger partial charge on any atom is 0.230 e. The van der Waals surface area contributed by atoms with Crippen molar-refractivity contribution in [3.05, 3.63) is 17.5 Å². The van der Waals surface area contributed by atoms with E-state index in [2.05, 4.69) is 34.0 Å². The molecule has 1 aliphatic rings. The fraction of sp³-hybridized carbons (Fsp3) is 0.688. The van der Waals surface area contributed by atoms with E-state index in [-0.39, 0.29) is 5.91 Å². The normalized spacial score (nSPS) is 18.9. The summed E-state index contributed by atoms with van der Waals surface area (Å²) in [6.07, 6.45) is 1.17. The third-order valence-corrected chi connectivity index (χ3v) is 4.78. The zero-order valence-electron chi connectivity index (χ0n) is 13.9. The van der Waals surface area contributed by atoms with Gasteiger partial charge in [0.05, 0.1) is 5.75 Å². The molecule has 5 nitrogen and oxygen atoms in total. The van der Waals surface area contributed by atoms with Gasteiger partial charge in [-0.25, -0.2) is 9.97 Å². The zero-order valence-corrected chi connectivity index (χ0v) is 14.7. The maximum absolute atomic E-state index is 12.0. The number of thioether (sulfide) groups is 1. The molecule has 0 radical (unpaired) electrons. The Morgan fingerprint density at radius 1 is 1.41 bits per heavy atom. The Labute approximate surface area is 137 Å². The third kappa shape index (κ3) is 5.25. The number of likely N-dealkylation sites (tertiary alicyclic amines) is 1. The molecule has 1 unspecified atom stereocenters. The molecule has 1 amide bonds. The van der Waals surface area contributed by atoms with Crippen LogP contribution in [-0.4, -0.2) is 52.2 Å². The minimum Gasteiger partial charge on any atom is -0.355 e. The lowest BCUT2D eigenvalue weighted by Gasteiger charge is -2.20. The summed E-state index contributed by atoms with van der Waals surface area (Å²) in [7, 11) is 0. The molecule has 22 heavy (non-hydrogen) atoms. The Hall–Kier alpha value is -1.14. The number of nitrogens with zero attached hydrogens (tertiary/aromatic N) is 3. The minimum absolute atomic E-state index is 0.0655. The van der Waals surface area contributed by atoms with E-state index >= 15 is 0 Å². The van der Waals surface area contributed by atoms with Crippen molar-refractivity contribution in [2.24, 2.45) is 5.92 Å². The van der Waals surface area contributed by atoms with Crippen molar-refractivity contribution < 1.29 is 4.79 Å². The van der Waals surface area contributed by atoms with Crippen LogP contribution in [-0.2, 0) is 4.79 Å². The van der Waals surface area contributed by atoms with Gasteiger partial charge in [0, 0.05) is 30.5 Å². The van der Waals surface area contributed by atoms with Gasteiger partial charge < -0.3 is 10.2 Å². The highest BCUT2D eigenvalue weighted by molar-refractivity contribution is 7.99. The number of nitrogens with one attached hydrogen (secondary N) is 1. The van der Waals surface area contributed by atoms with E-state index in [4.69, 9.17) is 0 Å². The largest absolute Gasteiger partial charge is 0.355 e. The SMILES string of the molecule is Cc1cc(C)nc(SCC(=O)NCC2CCN(C(C)C)C2)n1. The molecule has 1 N–H and O–H groups in total. The number of hydrogen-bond acceptors (Lipinski definition) is 5. The minimum atomic E-state index is 0.0655. The van der Waals surface area contributed by atoms with Crippen molar-refractivity contribution >= 4 is 17.7 Å². The molecule has 0 bridgehead atoms. The van der Waals surface area contributed by atoms with E-state index in [1.807, 2.05) is 19.9 Å². The molecule has 2 rings (SSSR count). The molecule has 1 atom stereocenters. The summed E-state index contributed by atoms with van der Waals surface area (Å²) >= 11 is 1.40. The van der Waals surface area contributed by atoms with Gasteiger partial charge in [-0.2, -0.15) is 0 Å². The highest BCUT2D eigenvalue weighted by Gasteiger charge is 2.24. The van der Waals surface area contributed by atoms with E-state index in [1.54, 1.807) is 0 Å². The quantitative estimate of drug-likeness (QED) is 0.641. The van der Waals surface area contributed by atoms with Gasteiger partial charge >= 0.3 is 0 Å². The summed E-state index contributed by atoms with van der Waals surface area (Å²) < 4.78 is 0. The molecule has 1 fully saturated rings. The van der Waals surface area contributed by atoms with Gasteiger partial charge in [0.15, 0.2) is 5.16 Å². The van der Waals surface area contributed by atoms with E-state index < -0.39 is 0 Å². The van der Waals surface area contributed by atoms with Gasteiger partial charge in [0.1, 0.15) is 0 Å². The molecule has 0 aromatic carbocycles. The lowest BCUT2D eigenvalue weighted by molar-refractivity contribution is -0.118. The van der Waals surface area contributed by atoms with Gasteiger partial charge in [-0.1, -0.05) is 11.8 Å². The molecule has 1 aliphatic heterocycles. The zero-order chi connectivity index (χ0) is 16.1. The summed E-state index contributed by atoms with van der Waals surface area (Å²) in [6, 6.07) is 2.53. The molecule has 1 aromatic heterocycles. The predicted octanol–water partition coefficient (Wildman–Crippen LogP) is 2.03. The van der Waals surface area contributed by atoms with Gasteiger partial charge in [0.2, 0.25) is 5.91 Å². The molecular formula is C16H26N4OS. The highest BCUT2D eigenvalue weighted by atomic mass is 32.2. The van der Waals surface area contributed by atoms with Crippen LogP contribution in [0, 0.1) is 19.8 Å². The van der Waals surface area contributed by atoms with Gasteiger partial charge in [-0.15, -0.1) is 0 Å². The van der Waals surface area contributed by atoms with Crippen LogP contribution >= 0.6 is 11.8 Å². The molecule has 2 heterocycles. The number of carbonyl (C=O) groups is 1. The number of carbonyl (C=O) groups excluding carboxylic acids is 1. The van der Waals surface area contributed by atoms with Crippen LogP contribution < -0.4 is 5.32 Å². The first-order valence-electron chi connectivity index (χ1n) is 7.90. The molecule has 1 aromatic rings. The Kier molecular flexibility index (Phi) is 6.20. The standard InChI is InChI=1S/C16H26N4OS/c1-11(2)20-6-5-14(9-20)8-17-15(21)10-22-16-18-12(3)7-13(4)19-16/h7,11,14H,5-6,8-10H2,1-4H3,(H,17,21). The second kappa shape index (κ2) is 7.92. The lowest BCUT2D eigenvalue weighted by Crippen LogP contribution is -2.33. The number of amides is 1. The highest BCUT2D eigenvalue weighted by Crippen LogP contribution is 2.18. The van der Waals surface area contributed by atoms with Gasteiger partial charge in [0.25, 0.3) is 0 Å². The fourth-order valence-electron chi connectivity index (χ4n) is 2.70. The van der Waals surface area contributed by atoms with E-state index in [9.17, 15) is 4.79 Å². The Bertz CT molecular complexity index is 501. The van der Waals surface area contributed by atoms with Crippen LogP contribution in [0.15, 0.2) is 11.2 Å². The smallest absolute Gasteiger partial charge is 0.230 e. The van der Waals surface area contributed by atoms with Crippen LogP contribution in [0.5, 0.6) is 0 Å². The van der Waals surface area contributed by atoms with Crippen LogP contribution in [0.1, 0.15) is 31.7 Å². The van der Waals surface area contributed by atoms with Gasteiger partial charge in [-0.3, -0.25) is 4.79 Å². The second-order valence-corrected chi connectivity index (χ2v) is 7.21. The summed E-state index contributed by atoms with van der Waals surface area (Å²) in [6.45, 7) is 11.3. The van der Waals surface area contributed by atoms with Crippen molar-refractivity contribution in [3.8, 4) is 0 Å². The number of aromatic nitrogens is 2. The summed E-state index contributed by atoms with van der Waals surface area (Å²) in [5, 5.41) is 3.72. The first-order valence-corrected chi connectivity index (χ1v) is 8.88. The number of rotatable bonds is 6. The van der Waals surface area contributed by atoms with Crippen molar-refractivity contribution in [2.75, 3.05) is 25.4 Å². The molecular weight excluding hydrogens is 296 g/mol. The Morgan fingerprint density at radius 2 is 2.09 bits per heavy atom. The molecule has 122 valence electrons. The van der Waals surface area contributed by atoms with E-state index in [0.717, 1.165) is 31.0 Å². The first-order chi connectivity index (χ1) is 10.4. The van der Waals surface area contributed by atoms with E-state index in [1.165, 1.54) is 18.2 Å². The van der Waals surface area contributed by atoms with E-state index in [0.29, 0.717) is 22.9 Å². The van der Waals surface area contributed by atoms with Crippen molar-refractivity contribution in [2.45, 2.75) is 45.3 Å². The number of aryl methyl sites for hydroxylation is 2. The molecule has 0 spiro atoms. The van der Waals surface area contributed by atoms with Crippen molar-refractivity contribution in [3.63, 3.8) is 0 Å². The fourth-order valence-corrected chi connectivity index (χ4v) is 3.48. The summed E-state index contributed by atoms with van der Waals surface area (Å²) in [5.74, 6) is 1.02. The van der Waals surface area contributed by atoms with Crippen molar-refractivity contribution in [1.82, 2.24) is 20.2 Å². The average molecular weight is 322 g/mol. The number of hydrogen-bond donors (Lipinski definition) is 1. The topological polar surface area (TPSA) is 58.1 Å². The molecule has 1 saturated heterocycles. The Balaban J connectivity index is 1.70. The predicted molar refractivity (Wildman–Crippen MR) is 90.1 cm³/mol. The average Bonchev–Trinajstić information content (AvgIpc) is 2.91. The third-order valence-electron chi connectivity index (χ3n) is 3.93. The van der Waals surface area contributed by atoms with Crippen molar-refractivity contribution in [1.29, 1.82) is 0 Å². The van der Waals surface area contributed by atoms with Crippen LogP contribution in [0.4, 0.5) is 0 Å². The molecule has 0 saturated carbocycles. The molecule has 0 aliphatic carbocycles. The molecule has 6 heteroatoms. The van der Waals surface area contributed by atoms with Gasteiger partial charge in [-0.05, 0) is 52.6 Å². The van der Waals surface area contributed by atoms with Crippen LogP contribution in [0.3, 0.4) is 0 Å². The summed E-state index contributed by atoms with van der Waals surface area (Å²) in [4.78, 5) is 23.1. The first kappa shape index (κ1) is 17.2. The second-order valence-electron chi connectivity index (χ2n) is 6.27. The summed E-state index contributed by atoms with van der Waals surface area (Å²) in [5.41, 5.74) is 1.88. The Morgan fingerprint density at radius 3 is 2.68 bits per heavy atom. The monoisotopic (exact) mass is 322 g/mol. The van der Waals surface area contributed by atoms with Crippen LogP contribution in [0.25, 0.3) is 0 Å².